The van der Waals surface area contributed by atoms with Crippen molar-refractivity contribution in [3.8, 4) is 0 Å². The zero-order chi connectivity index (χ0) is 86.0. The highest BCUT2D eigenvalue weighted by Crippen LogP contribution is 2.32. The molecule has 0 bridgehead atoms. The van der Waals surface area contributed by atoms with Crippen LogP contribution >= 0.6 is 12.4 Å². The number of carbonyl (C=O) groups excluding carboxylic acids is 6. The highest BCUT2D eigenvalue weighted by atomic mass is 35.5. The summed E-state index contributed by atoms with van der Waals surface area (Å²) >= 11 is 0. The first-order valence-electron chi connectivity index (χ1n) is 41.0. The van der Waals surface area contributed by atoms with Gasteiger partial charge in [0.1, 0.15) is 70.4 Å². The Bertz CT molecular complexity index is 3680. The highest BCUT2D eigenvalue weighted by Gasteiger charge is 2.37. The molecular weight excluding hydrogens is 1550 g/mol. The molecule has 4 aromatic carbocycles. The van der Waals surface area contributed by atoms with Crippen molar-refractivity contribution >= 4 is 76.6 Å². The maximum Gasteiger partial charge on any atom is 0.408 e. The molecule has 6 aliphatic carbocycles. The number of nitrogens with one attached hydrogen (secondary N) is 3. The lowest BCUT2D eigenvalue weighted by atomic mass is 9.84. The van der Waals surface area contributed by atoms with Crippen LogP contribution in [-0.4, -0.2) is 148 Å². The summed E-state index contributed by atoms with van der Waals surface area (Å²) in [6.45, 7) is 17.9. The molecule has 4 aromatic rings. The molecule has 0 heterocycles. The second-order valence-electron chi connectivity index (χ2n) is 33.3. The zero-order valence-corrected chi connectivity index (χ0v) is 71.8. The lowest BCUT2D eigenvalue weighted by molar-refractivity contribution is -0.415. The van der Waals surface area contributed by atoms with E-state index in [0.29, 0.717) is 11.5 Å². The molecule has 6 aliphatic rings. The minimum absolute atomic E-state index is 0. The Morgan fingerprint density at radius 2 is 0.821 bits per heavy atom. The van der Waals surface area contributed by atoms with Crippen molar-refractivity contribution in [2.24, 2.45) is 29.2 Å². The lowest BCUT2D eigenvalue weighted by Crippen LogP contribution is -2.58. The summed E-state index contributed by atoms with van der Waals surface area (Å²) in [5.74, 6) is -3.25. The van der Waals surface area contributed by atoms with E-state index in [1.807, 2.05) is 94.4 Å². The molecule has 6 fully saturated rings. The standard InChI is InChI=1S/C18H31NO4.C15H21NO5.C13H23NO4.C13H23NO2.C13H17NO2.C8H9NO2.C7H8O3S.ClH/c1-18(2,3)23-17(21)19-15(13-9-5-4-6-10-13)16(20)22-14-11-7-8-12-14;1-15(2,3)21-10-12(13(17)18)16-14(19)20-9-11-7-5-4-6-8-11;1-13(2,3)18-12(17)14-10(11(15)16)9-7-5-4-6-8-9;2*14-12(10-6-2-1-3-7-10)13(15)16-11-8-4-5-9-11;9-7(8(10)11)6-4-2-1-3-5-6;1-6-2-4-7(5-3-6)11(8,9)10;/h13-15H,4-12H2,1-3H3,(H,19,21);4-8,12H,9-10H2,1-3H3,(H,16,19)(H,17,18);9-10H,4-8H2,1-3H3,(H,14,17)(H,15,16);10-12H,1-9,14H2;1-3,6-7,11-12H,4-5,8-9,14H2;1-5,7H,9H2,(H,10,11);2-5H,1H3,(H,8,9,10);1H/t15-;12-;10-;2*12-;7-;;/m000000../s1. The van der Waals surface area contributed by atoms with Gasteiger partial charge in [-0.2, -0.15) is 0 Å². The fourth-order valence-corrected chi connectivity index (χ4v) is 14.2. The number of carboxylic acid groups (broad SMARTS) is 3. The first-order chi connectivity index (χ1) is 54.7. The third kappa shape index (κ3) is 43.7. The summed E-state index contributed by atoms with van der Waals surface area (Å²) in [5, 5.41) is 34.3. The molecule has 117 heavy (non-hydrogen) atoms. The number of carbonyl (C=O) groups is 9. The van der Waals surface area contributed by atoms with Crippen LogP contribution in [0, 0.1) is 24.7 Å². The summed E-state index contributed by atoms with van der Waals surface area (Å²) in [6, 6.07) is 29.0. The first kappa shape index (κ1) is 103. The smallest absolute Gasteiger partial charge is 0.408 e. The number of carboxylic acids is 3. The number of benzene rings is 4. The number of hydrogen-bond donors (Lipinski definition) is 9. The van der Waals surface area contributed by atoms with Gasteiger partial charge in [-0.3, -0.25) is 9.59 Å². The van der Waals surface area contributed by atoms with Crippen molar-refractivity contribution in [1.82, 2.24) is 16.0 Å². The summed E-state index contributed by atoms with van der Waals surface area (Å²) in [6.07, 6.45) is 27.4. The molecule has 656 valence electrons. The first-order valence-corrected chi connectivity index (χ1v) is 42.5. The quantitative estimate of drug-likeness (QED) is 0.0200. The van der Waals surface area contributed by atoms with Crippen LogP contribution in [0.2, 0.25) is 0 Å². The second-order valence-corrected chi connectivity index (χ2v) is 34.7. The predicted octanol–water partition coefficient (Wildman–Crippen LogP) is 14.6. The highest BCUT2D eigenvalue weighted by molar-refractivity contribution is 7.85. The van der Waals surface area contributed by atoms with E-state index < -0.39 is 93.3 Å². The van der Waals surface area contributed by atoms with Gasteiger partial charge in [-0.05, 0) is 226 Å². The number of quaternary nitrogens is 1. The van der Waals surface area contributed by atoms with Crippen molar-refractivity contribution < 1.29 is 110 Å². The number of aliphatic carboxylic acids is 3. The van der Waals surface area contributed by atoms with Crippen LogP contribution in [0.4, 0.5) is 14.4 Å². The van der Waals surface area contributed by atoms with Gasteiger partial charge in [0.05, 0.1) is 17.1 Å². The maximum atomic E-state index is 12.6. The van der Waals surface area contributed by atoms with Crippen molar-refractivity contribution in [3.05, 3.63) is 138 Å². The van der Waals surface area contributed by atoms with Gasteiger partial charge >= 0.3 is 54.1 Å². The Balaban J connectivity index is 0.000000357. The summed E-state index contributed by atoms with van der Waals surface area (Å²) in [5.41, 5.74) is 16.8. The van der Waals surface area contributed by atoms with Crippen molar-refractivity contribution in [2.75, 3.05) is 6.61 Å². The molecule has 10 rings (SSSR count). The molecule has 0 unspecified atom stereocenters. The molecule has 13 N–H and O–H groups in total. The summed E-state index contributed by atoms with van der Waals surface area (Å²) in [7, 11) is -4.27. The molecule has 6 atom stereocenters. The van der Waals surface area contributed by atoms with Gasteiger partial charge in [-0.15, -0.1) is 12.4 Å². The summed E-state index contributed by atoms with van der Waals surface area (Å²) < 4.78 is 68.5. The van der Waals surface area contributed by atoms with Gasteiger partial charge in [0.2, 0.25) is 6.04 Å². The lowest BCUT2D eigenvalue weighted by Gasteiger charge is -2.31. The molecule has 0 aliphatic heterocycles. The number of amides is 3. The van der Waals surface area contributed by atoms with E-state index in [1.54, 1.807) is 77.9 Å². The van der Waals surface area contributed by atoms with Crippen molar-refractivity contribution in [2.45, 2.75) is 325 Å². The fourth-order valence-electron chi connectivity index (χ4n) is 13.7. The van der Waals surface area contributed by atoms with E-state index in [4.69, 9.17) is 54.8 Å². The van der Waals surface area contributed by atoms with E-state index in [9.17, 15) is 61.2 Å². The Morgan fingerprint density at radius 3 is 1.21 bits per heavy atom. The Labute approximate surface area is 698 Å². The van der Waals surface area contributed by atoms with Crippen molar-refractivity contribution in [3.63, 3.8) is 0 Å². The Kier molecular flexibility index (Phi) is 46.7. The fraction of sp³-hybridized carbons (Fsp3) is 0.621. The topological polar surface area (TPSA) is 452 Å². The van der Waals surface area contributed by atoms with E-state index in [-0.39, 0.29) is 84.6 Å². The van der Waals surface area contributed by atoms with E-state index >= 15 is 0 Å². The molecule has 0 saturated heterocycles. The van der Waals surface area contributed by atoms with Crippen LogP contribution in [0.15, 0.2) is 120 Å². The van der Waals surface area contributed by atoms with E-state index in [1.165, 1.54) is 63.5 Å². The van der Waals surface area contributed by atoms with Gasteiger partial charge in [-0.25, -0.2) is 42.0 Å². The number of esters is 3. The monoisotopic (exact) mass is 1680 g/mol. The third-order valence-corrected chi connectivity index (χ3v) is 20.8. The molecule has 0 radical (unpaired) electrons. The molecular formula is C87H133ClN6O22S. The normalized spacial score (nSPS) is 17.7. The molecule has 3 amide bonds. The van der Waals surface area contributed by atoms with Crippen LogP contribution in [-0.2, 0) is 78.7 Å². The van der Waals surface area contributed by atoms with Gasteiger partial charge in [0.15, 0.2) is 6.04 Å². The molecule has 0 spiro atoms. The van der Waals surface area contributed by atoms with Gasteiger partial charge in [-0.1, -0.05) is 166 Å². The minimum atomic E-state index is -4.27. The van der Waals surface area contributed by atoms with Crippen LogP contribution < -0.4 is 33.2 Å². The van der Waals surface area contributed by atoms with Gasteiger partial charge < -0.3 is 86.2 Å². The number of alkyl carbamates (subject to hydrolysis) is 3. The number of aryl methyl sites for hydroxylation is 1. The SMILES string of the molecule is CC(C)(C)OC(=O)N[C@H](C(=O)O)C1CCCCC1.CC(C)(C)OC(=O)N[C@H](C(=O)OC1CCCC1)C1CCCCC1.CC(C)(C)OC[C@H](NC(=O)OCc1ccccc1)C(=O)O.Cc1ccc(S(=O)(=O)[O-])cc1.Cl.N[C@H](C(=O)O)c1ccccc1.N[C@H](C(=O)OC1CCCC1)C1CCCCC1.[NH3+][C@H](C(=O)OC1CCCC1)c1ccccc1. The molecule has 30 heteroatoms. The van der Waals surface area contributed by atoms with Gasteiger partial charge in [0, 0.05) is 5.56 Å². The van der Waals surface area contributed by atoms with E-state index in [2.05, 4.69) is 21.7 Å². The largest absolute Gasteiger partial charge is 0.744 e. The number of nitrogens with two attached hydrogens (primary N) is 2. The molecule has 0 aromatic heterocycles. The number of rotatable bonds is 22. The zero-order valence-electron chi connectivity index (χ0n) is 70.2. The number of halogens is 1. The van der Waals surface area contributed by atoms with E-state index in [0.717, 1.165) is 139 Å². The number of hydrogen-bond acceptors (Lipinski definition) is 21. The summed E-state index contributed by atoms with van der Waals surface area (Å²) in [4.78, 5) is 104. The number of ether oxygens (including phenoxy) is 7. The average molecular weight is 1680 g/mol. The van der Waals surface area contributed by atoms with Crippen LogP contribution in [0.1, 0.15) is 270 Å². The van der Waals surface area contributed by atoms with Crippen LogP contribution in [0.3, 0.4) is 0 Å². The third-order valence-electron chi connectivity index (χ3n) is 20.0. The maximum absolute atomic E-state index is 12.6. The molecule has 28 nitrogen and oxygen atoms in total. The van der Waals surface area contributed by atoms with Crippen LogP contribution in [0.5, 0.6) is 0 Å². The average Bonchev–Trinajstić information content (AvgIpc) is 1.56. The Hall–Kier alpha value is -8.45. The minimum Gasteiger partial charge on any atom is -0.744 e. The molecule has 6 saturated carbocycles. The van der Waals surface area contributed by atoms with Crippen LogP contribution in [0.25, 0.3) is 0 Å². The second kappa shape index (κ2) is 53.2. The van der Waals surface area contributed by atoms with Gasteiger partial charge in [0.25, 0.3) is 0 Å². The Morgan fingerprint density at radius 1 is 0.453 bits per heavy atom. The van der Waals surface area contributed by atoms with Crippen molar-refractivity contribution in [1.29, 1.82) is 0 Å². The predicted molar refractivity (Wildman–Crippen MR) is 443 cm³/mol.